The molecule has 5 heteroatoms. The fourth-order valence-corrected chi connectivity index (χ4v) is 2.14. The first-order valence-electron chi connectivity index (χ1n) is 7.37. The van der Waals surface area contributed by atoms with Crippen molar-refractivity contribution in [3.63, 3.8) is 0 Å². The van der Waals surface area contributed by atoms with E-state index in [2.05, 4.69) is 10.6 Å². The Bertz CT molecular complexity index is 508. The number of hydrogen-bond acceptors (Lipinski definition) is 3. The van der Waals surface area contributed by atoms with Crippen LogP contribution in [0.5, 0.6) is 0 Å². The van der Waals surface area contributed by atoms with Crippen molar-refractivity contribution >= 4 is 17.5 Å². The Morgan fingerprint density at radius 2 is 2.19 bits per heavy atom. The summed E-state index contributed by atoms with van der Waals surface area (Å²) in [5.74, 6) is -0.306. The number of amides is 2. The minimum Gasteiger partial charge on any atom is -0.376 e. The van der Waals surface area contributed by atoms with E-state index in [9.17, 15) is 9.59 Å². The topological polar surface area (TPSA) is 67.4 Å². The molecule has 0 bridgehead atoms. The number of carbonyl (C=O) groups is 2. The molecule has 21 heavy (non-hydrogen) atoms. The van der Waals surface area contributed by atoms with E-state index >= 15 is 0 Å². The summed E-state index contributed by atoms with van der Waals surface area (Å²) in [5, 5.41) is 5.66. The first-order valence-corrected chi connectivity index (χ1v) is 7.37. The maximum Gasteiger partial charge on any atom is 0.251 e. The molecule has 1 aromatic carbocycles. The van der Waals surface area contributed by atoms with Gasteiger partial charge in [-0.15, -0.1) is 0 Å². The van der Waals surface area contributed by atoms with E-state index in [1.54, 1.807) is 24.3 Å². The number of carbonyl (C=O) groups excluding carboxylic acids is 2. The summed E-state index contributed by atoms with van der Waals surface area (Å²) < 4.78 is 5.47. The second-order valence-corrected chi connectivity index (χ2v) is 5.57. The van der Waals surface area contributed by atoms with Gasteiger partial charge in [0.25, 0.3) is 5.91 Å². The molecule has 0 aromatic heterocycles. The Labute approximate surface area is 125 Å². The van der Waals surface area contributed by atoms with E-state index in [0.717, 1.165) is 19.4 Å². The van der Waals surface area contributed by atoms with Crippen molar-refractivity contribution in [2.45, 2.75) is 32.8 Å². The molecule has 5 nitrogen and oxygen atoms in total. The Morgan fingerprint density at radius 3 is 2.86 bits per heavy atom. The van der Waals surface area contributed by atoms with Crippen LogP contribution in [-0.4, -0.2) is 31.1 Å². The van der Waals surface area contributed by atoms with E-state index in [-0.39, 0.29) is 23.8 Å². The Morgan fingerprint density at radius 1 is 1.38 bits per heavy atom. The van der Waals surface area contributed by atoms with Crippen LogP contribution in [0.15, 0.2) is 24.3 Å². The van der Waals surface area contributed by atoms with Crippen molar-refractivity contribution in [1.82, 2.24) is 5.32 Å². The molecule has 1 fully saturated rings. The summed E-state index contributed by atoms with van der Waals surface area (Å²) in [6.07, 6.45) is 2.17. The summed E-state index contributed by atoms with van der Waals surface area (Å²) in [6.45, 7) is 4.96. The molecule has 1 heterocycles. The molecule has 1 aliphatic heterocycles. The summed E-state index contributed by atoms with van der Waals surface area (Å²) in [7, 11) is 0. The number of rotatable bonds is 5. The molecule has 0 saturated carbocycles. The zero-order valence-corrected chi connectivity index (χ0v) is 12.5. The second-order valence-electron chi connectivity index (χ2n) is 5.57. The molecule has 1 aromatic rings. The van der Waals surface area contributed by atoms with Gasteiger partial charge in [0.05, 0.1) is 6.10 Å². The van der Waals surface area contributed by atoms with Gasteiger partial charge < -0.3 is 15.4 Å². The highest BCUT2D eigenvalue weighted by Gasteiger charge is 2.17. The third-order valence-corrected chi connectivity index (χ3v) is 3.43. The first-order chi connectivity index (χ1) is 10.1. The normalized spacial score (nSPS) is 17.8. The number of anilines is 1. The number of benzene rings is 1. The van der Waals surface area contributed by atoms with Crippen LogP contribution in [0.1, 0.15) is 37.0 Å². The molecular weight excluding hydrogens is 268 g/mol. The molecule has 0 spiro atoms. The fourth-order valence-electron chi connectivity index (χ4n) is 2.14. The maximum atomic E-state index is 12.1. The lowest BCUT2D eigenvalue weighted by Crippen LogP contribution is -2.31. The van der Waals surface area contributed by atoms with Gasteiger partial charge in [0.15, 0.2) is 0 Å². The smallest absolute Gasteiger partial charge is 0.251 e. The molecular formula is C16H22N2O3. The fraction of sp³-hybridized carbons (Fsp3) is 0.500. The van der Waals surface area contributed by atoms with Crippen LogP contribution in [-0.2, 0) is 9.53 Å². The molecule has 1 aliphatic rings. The minimum absolute atomic E-state index is 0.0630. The number of nitrogens with one attached hydrogen (secondary N) is 2. The SMILES string of the molecule is CC(C)C(=O)Nc1cccc(C(=O)NC[C@@H]2CCCO2)c1. The Balaban J connectivity index is 1.92. The summed E-state index contributed by atoms with van der Waals surface area (Å²) in [5.41, 5.74) is 1.17. The van der Waals surface area contributed by atoms with Gasteiger partial charge in [0.2, 0.25) is 5.91 Å². The molecule has 1 atom stereocenters. The molecule has 2 amide bonds. The second kappa shape index (κ2) is 7.22. The third-order valence-electron chi connectivity index (χ3n) is 3.43. The van der Waals surface area contributed by atoms with Crippen LogP contribution < -0.4 is 10.6 Å². The Hall–Kier alpha value is -1.88. The van der Waals surface area contributed by atoms with Crippen LogP contribution in [0.3, 0.4) is 0 Å². The summed E-state index contributed by atoms with van der Waals surface area (Å²) >= 11 is 0. The van der Waals surface area contributed by atoms with Crippen LogP contribution in [0.2, 0.25) is 0 Å². The van der Waals surface area contributed by atoms with Crippen molar-refractivity contribution in [3.8, 4) is 0 Å². The zero-order chi connectivity index (χ0) is 15.2. The average molecular weight is 290 g/mol. The van der Waals surface area contributed by atoms with Gasteiger partial charge in [0.1, 0.15) is 0 Å². The molecule has 114 valence electrons. The zero-order valence-electron chi connectivity index (χ0n) is 12.5. The standard InChI is InChI=1S/C16H22N2O3/c1-11(2)15(19)18-13-6-3-5-12(9-13)16(20)17-10-14-7-4-8-21-14/h3,5-6,9,11,14H,4,7-8,10H2,1-2H3,(H,17,20)(H,18,19)/t14-/m0/s1. The van der Waals surface area contributed by atoms with Crippen LogP contribution >= 0.6 is 0 Å². The lowest BCUT2D eigenvalue weighted by molar-refractivity contribution is -0.118. The van der Waals surface area contributed by atoms with E-state index in [0.29, 0.717) is 17.8 Å². The lowest BCUT2D eigenvalue weighted by atomic mass is 10.1. The maximum absolute atomic E-state index is 12.1. The molecule has 0 aliphatic carbocycles. The van der Waals surface area contributed by atoms with Gasteiger partial charge in [-0.3, -0.25) is 9.59 Å². The summed E-state index contributed by atoms with van der Waals surface area (Å²) in [6, 6.07) is 6.95. The van der Waals surface area contributed by atoms with Gasteiger partial charge in [-0.2, -0.15) is 0 Å². The van der Waals surface area contributed by atoms with Crippen molar-refractivity contribution in [3.05, 3.63) is 29.8 Å². The van der Waals surface area contributed by atoms with Crippen LogP contribution in [0.4, 0.5) is 5.69 Å². The van der Waals surface area contributed by atoms with Crippen molar-refractivity contribution in [2.24, 2.45) is 5.92 Å². The van der Waals surface area contributed by atoms with E-state index in [4.69, 9.17) is 4.74 Å². The largest absolute Gasteiger partial charge is 0.376 e. The van der Waals surface area contributed by atoms with Crippen LogP contribution in [0, 0.1) is 5.92 Å². The quantitative estimate of drug-likeness (QED) is 0.873. The average Bonchev–Trinajstić information content (AvgIpc) is 2.98. The van der Waals surface area contributed by atoms with Gasteiger partial charge >= 0.3 is 0 Å². The number of ether oxygens (including phenoxy) is 1. The number of hydrogen-bond donors (Lipinski definition) is 2. The van der Waals surface area contributed by atoms with Gasteiger partial charge in [-0.1, -0.05) is 19.9 Å². The molecule has 2 N–H and O–H groups in total. The monoisotopic (exact) mass is 290 g/mol. The highest BCUT2D eigenvalue weighted by molar-refractivity contribution is 5.97. The third kappa shape index (κ3) is 4.56. The Kier molecular flexibility index (Phi) is 5.33. The molecule has 1 saturated heterocycles. The van der Waals surface area contributed by atoms with Crippen LogP contribution in [0.25, 0.3) is 0 Å². The molecule has 0 unspecified atom stereocenters. The van der Waals surface area contributed by atoms with Gasteiger partial charge in [0, 0.05) is 30.3 Å². The lowest BCUT2D eigenvalue weighted by Gasteiger charge is -2.12. The van der Waals surface area contributed by atoms with Gasteiger partial charge in [-0.25, -0.2) is 0 Å². The van der Waals surface area contributed by atoms with Crippen molar-refractivity contribution in [2.75, 3.05) is 18.5 Å². The van der Waals surface area contributed by atoms with E-state index < -0.39 is 0 Å². The van der Waals surface area contributed by atoms with Gasteiger partial charge in [-0.05, 0) is 31.0 Å². The van der Waals surface area contributed by atoms with Crippen molar-refractivity contribution < 1.29 is 14.3 Å². The highest BCUT2D eigenvalue weighted by atomic mass is 16.5. The van der Waals surface area contributed by atoms with E-state index in [1.807, 2.05) is 13.8 Å². The predicted molar refractivity (Wildman–Crippen MR) is 81.2 cm³/mol. The minimum atomic E-state index is -0.147. The molecule has 0 radical (unpaired) electrons. The van der Waals surface area contributed by atoms with E-state index in [1.165, 1.54) is 0 Å². The highest BCUT2D eigenvalue weighted by Crippen LogP contribution is 2.13. The van der Waals surface area contributed by atoms with Crippen molar-refractivity contribution in [1.29, 1.82) is 0 Å². The first kappa shape index (κ1) is 15.5. The molecule has 2 rings (SSSR count). The summed E-state index contributed by atoms with van der Waals surface area (Å²) in [4.78, 5) is 23.8. The predicted octanol–water partition coefficient (Wildman–Crippen LogP) is 2.19.